The maximum atomic E-state index is 2.65. The fourth-order valence-corrected chi connectivity index (χ4v) is 8.09. The van der Waals surface area contributed by atoms with Gasteiger partial charge in [-0.2, -0.15) is 0 Å². The molecule has 0 bridgehead atoms. The van der Waals surface area contributed by atoms with Gasteiger partial charge in [-0.25, -0.2) is 9.13 Å². The van der Waals surface area contributed by atoms with Gasteiger partial charge in [0, 0.05) is 6.42 Å². The molecule has 50 heavy (non-hydrogen) atoms. The normalized spacial score (nSPS) is 11.7. The van der Waals surface area contributed by atoms with E-state index in [4.69, 9.17) is 0 Å². The van der Waals surface area contributed by atoms with Crippen LogP contribution in [0, 0.1) is 0 Å². The summed E-state index contributed by atoms with van der Waals surface area (Å²) in [6, 6.07) is 0. The Bertz CT molecular complexity index is 719. The van der Waals surface area contributed by atoms with Crippen LogP contribution < -0.4 is 4.57 Å². The summed E-state index contributed by atoms with van der Waals surface area (Å²) in [6.07, 6.45) is 62.3. The third-order valence-corrected chi connectivity index (χ3v) is 11.6. The van der Waals surface area contributed by atoms with Crippen LogP contribution in [0.15, 0.2) is 12.4 Å². The maximum absolute atomic E-state index is 2.65. The van der Waals surface area contributed by atoms with Crippen molar-refractivity contribution in [2.45, 2.75) is 291 Å². The Hall–Kier alpha value is -0.790. The van der Waals surface area contributed by atoms with Gasteiger partial charge in [-0.1, -0.05) is 239 Å². The molecule has 0 saturated carbocycles. The Balaban J connectivity index is 2.28. The number of imidazole rings is 1. The number of nitrogens with zero attached hydrogens (tertiary/aromatic N) is 2. The van der Waals surface area contributed by atoms with E-state index in [1.165, 1.54) is 270 Å². The molecule has 2 heteroatoms. The summed E-state index contributed by atoms with van der Waals surface area (Å²) in [5, 5.41) is 0. The van der Waals surface area contributed by atoms with Gasteiger partial charge in [-0.3, -0.25) is 0 Å². The van der Waals surface area contributed by atoms with Gasteiger partial charge < -0.3 is 0 Å². The van der Waals surface area contributed by atoms with Crippen LogP contribution in [-0.2, 0) is 19.5 Å². The lowest BCUT2D eigenvalue weighted by atomic mass is 10.0. The fraction of sp³-hybridized carbons (Fsp3) is 0.938. The Labute approximate surface area is 317 Å². The molecule has 0 fully saturated rings. The first kappa shape index (κ1) is 47.2. The number of aromatic nitrogens is 2. The minimum absolute atomic E-state index is 1.23. The zero-order chi connectivity index (χ0) is 35.8. The van der Waals surface area contributed by atoms with Gasteiger partial charge >= 0.3 is 0 Å². The molecule has 0 aliphatic heterocycles. The molecule has 0 atom stereocenters. The van der Waals surface area contributed by atoms with E-state index >= 15 is 0 Å². The molecule has 296 valence electrons. The summed E-state index contributed by atoms with van der Waals surface area (Å²) in [6.45, 7) is 9.41. The van der Waals surface area contributed by atoms with Gasteiger partial charge in [0.15, 0.2) is 0 Å². The van der Waals surface area contributed by atoms with Crippen LogP contribution in [0.1, 0.15) is 277 Å². The number of unbranched alkanes of at least 4 members (excludes halogenated alkanes) is 36. The van der Waals surface area contributed by atoms with Crippen molar-refractivity contribution in [1.82, 2.24) is 4.57 Å². The molecule has 0 saturated heterocycles. The average Bonchev–Trinajstić information content (AvgIpc) is 3.51. The molecule has 0 N–H and O–H groups in total. The van der Waals surface area contributed by atoms with Gasteiger partial charge in [0.1, 0.15) is 12.4 Å². The van der Waals surface area contributed by atoms with E-state index < -0.39 is 0 Å². The molecular formula is C48H95N2+. The first-order valence-corrected chi connectivity index (χ1v) is 23.9. The molecule has 1 rings (SSSR count). The van der Waals surface area contributed by atoms with E-state index in [0.717, 1.165) is 0 Å². The lowest BCUT2D eigenvalue weighted by molar-refractivity contribution is -0.704. The Kier molecular flexibility index (Phi) is 37.2. The molecule has 0 aliphatic carbocycles. The smallest absolute Gasteiger partial charge is 0.234 e. The van der Waals surface area contributed by atoms with Crippen molar-refractivity contribution in [2.24, 2.45) is 0 Å². The van der Waals surface area contributed by atoms with E-state index in [0.29, 0.717) is 0 Å². The zero-order valence-electron chi connectivity index (χ0n) is 35.2. The van der Waals surface area contributed by atoms with Crippen LogP contribution in [0.4, 0.5) is 0 Å². The summed E-state index contributed by atoms with van der Waals surface area (Å²) in [4.78, 5) is 0. The summed E-state index contributed by atoms with van der Waals surface area (Å²) in [5.74, 6) is 1.63. The molecule has 0 amide bonds. The van der Waals surface area contributed by atoms with Crippen molar-refractivity contribution in [1.29, 1.82) is 0 Å². The quantitative estimate of drug-likeness (QED) is 0.0474. The fourth-order valence-electron chi connectivity index (χ4n) is 8.09. The molecule has 1 aromatic heterocycles. The van der Waals surface area contributed by atoms with Crippen molar-refractivity contribution >= 4 is 0 Å². The first-order chi connectivity index (χ1) is 24.8. The number of aryl methyl sites for hydroxylation is 2. The highest BCUT2D eigenvalue weighted by atomic mass is 15.1. The SMILES string of the molecule is CCCCCCCCCCCCCCCc1n(CCCCCCCCCCCCCCC)cc[n+]1CCCCCCCCCCCCCCC. The molecule has 0 aliphatic rings. The molecule has 0 unspecified atom stereocenters. The zero-order valence-corrected chi connectivity index (χ0v) is 35.2. The summed E-state index contributed by atoms with van der Waals surface area (Å²) in [5.41, 5.74) is 0. The molecule has 0 spiro atoms. The summed E-state index contributed by atoms with van der Waals surface area (Å²) in [7, 11) is 0. The van der Waals surface area contributed by atoms with Crippen LogP contribution in [0.3, 0.4) is 0 Å². The van der Waals surface area contributed by atoms with Crippen LogP contribution in [0.2, 0.25) is 0 Å². The second-order valence-electron chi connectivity index (χ2n) is 16.6. The summed E-state index contributed by atoms with van der Waals surface area (Å²) < 4.78 is 5.31. The predicted octanol–water partition coefficient (Wildman–Crippen LogP) is 16.6. The third kappa shape index (κ3) is 30.8. The Morgan fingerprint density at radius 2 is 0.620 bits per heavy atom. The van der Waals surface area contributed by atoms with Gasteiger partial charge in [0.25, 0.3) is 5.82 Å². The summed E-state index contributed by atoms with van der Waals surface area (Å²) >= 11 is 0. The molecule has 1 heterocycles. The van der Waals surface area contributed by atoms with Crippen molar-refractivity contribution in [3.05, 3.63) is 18.2 Å². The third-order valence-electron chi connectivity index (χ3n) is 11.6. The number of hydrogen-bond acceptors (Lipinski definition) is 0. The lowest BCUT2D eigenvalue weighted by Crippen LogP contribution is -2.37. The van der Waals surface area contributed by atoms with Crippen LogP contribution in [-0.4, -0.2) is 4.57 Å². The van der Waals surface area contributed by atoms with Gasteiger partial charge in [0.2, 0.25) is 0 Å². The van der Waals surface area contributed by atoms with E-state index in [9.17, 15) is 0 Å². The topological polar surface area (TPSA) is 8.81 Å². The van der Waals surface area contributed by atoms with Crippen molar-refractivity contribution in [2.75, 3.05) is 0 Å². The predicted molar refractivity (Wildman–Crippen MR) is 225 cm³/mol. The largest absolute Gasteiger partial charge is 0.256 e. The van der Waals surface area contributed by atoms with E-state index in [1.54, 1.807) is 5.82 Å². The molecule has 0 radical (unpaired) electrons. The molecule has 2 nitrogen and oxygen atoms in total. The monoisotopic (exact) mass is 700 g/mol. The van der Waals surface area contributed by atoms with Crippen molar-refractivity contribution < 1.29 is 4.57 Å². The number of rotatable bonds is 42. The maximum Gasteiger partial charge on any atom is 0.256 e. The highest BCUT2D eigenvalue weighted by Gasteiger charge is 2.16. The van der Waals surface area contributed by atoms with E-state index in [1.807, 2.05) is 0 Å². The van der Waals surface area contributed by atoms with Crippen molar-refractivity contribution in [3.63, 3.8) is 0 Å². The lowest BCUT2D eigenvalue weighted by Gasteiger charge is -2.07. The highest BCUT2D eigenvalue weighted by molar-refractivity contribution is 4.84. The van der Waals surface area contributed by atoms with E-state index in [-0.39, 0.29) is 0 Å². The van der Waals surface area contributed by atoms with E-state index in [2.05, 4.69) is 42.3 Å². The van der Waals surface area contributed by atoms with Crippen LogP contribution in [0.5, 0.6) is 0 Å². The minimum Gasteiger partial charge on any atom is -0.234 e. The second-order valence-corrected chi connectivity index (χ2v) is 16.6. The average molecular weight is 700 g/mol. The Morgan fingerprint density at radius 3 is 0.960 bits per heavy atom. The highest BCUT2D eigenvalue weighted by Crippen LogP contribution is 2.16. The minimum atomic E-state index is 1.23. The molecule has 1 aromatic rings. The number of hydrogen-bond donors (Lipinski definition) is 0. The van der Waals surface area contributed by atoms with Crippen LogP contribution in [0.25, 0.3) is 0 Å². The molecule has 0 aromatic carbocycles. The van der Waals surface area contributed by atoms with Crippen LogP contribution >= 0.6 is 0 Å². The van der Waals surface area contributed by atoms with Gasteiger partial charge in [-0.05, 0) is 32.1 Å². The van der Waals surface area contributed by atoms with Gasteiger partial charge in [0.05, 0.1) is 13.1 Å². The van der Waals surface area contributed by atoms with Gasteiger partial charge in [-0.15, -0.1) is 0 Å². The first-order valence-electron chi connectivity index (χ1n) is 23.9. The second kappa shape index (κ2) is 39.4. The Morgan fingerprint density at radius 1 is 0.340 bits per heavy atom. The van der Waals surface area contributed by atoms with Crippen molar-refractivity contribution in [3.8, 4) is 0 Å². The molecular weight excluding hydrogens is 605 g/mol. The standard InChI is InChI=1S/C48H95N2/c1-4-7-10-13-16-19-22-25-28-31-34-37-40-43-48-49(44-41-38-35-32-29-26-23-20-17-14-11-8-5-2)46-47-50(48)45-42-39-36-33-30-27-24-21-18-15-12-9-6-3/h46-47H,4-45H2,1-3H3/q+1.